The van der Waals surface area contributed by atoms with Crippen molar-refractivity contribution in [1.82, 2.24) is 4.72 Å². The number of carbonyl (C=O) groups excluding carboxylic acids is 2. The highest BCUT2D eigenvalue weighted by atomic mass is 32.2. The smallest absolute Gasteiger partial charge is 0.411 e. The summed E-state index contributed by atoms with van der Waals surface area (Å²) in [4.78, 5) is 23.6. The lowest BCUT2D eigenvalue weighted by Gasteiger charge is -2.27. The number of ether oxygens (including phenoxy) is 1. The van der Waals surface area contributed by atoms with Crippen molar-refractivity contribution in [2.45, 2.75) is 25.4 Å². The van der Waals surface area contributed by atoms with E-state index in [4.69, 9.17) is 4.74 Å². The minimum absolute atomic E-state index is 0.00587. The SMILES string of the molecule is O=C1CN(c2c(O)cc3c(c2F)CC(OC(=O)Nc2ccccc2)CC3)S(=O)(=O)N1. The van der Waals surface area contributed by atoms with Crippen LogP contribution in [0, 0.1) is 5.82 Å². The van der Waals surface area contributed by atoms with Crippen LogP contribution in [0.5, 0.6) is 5.75 Å². The molecular weight excluding hydrogens is 417 g/mol. The van der Waals surface area contributed by atoms with Crippen LogP contribution < -0.4 is 14.3 Å². The lowest BCUT2D eigenvalue weighted by atomic mass is 9.88. The zero-order valence-electron chi connectivity index (χ0n) is 15.6. The zero-order chi connectivity index (χ0) is 21.5. The maximum absolute atomic E-state index is 15.2. The Labute approximate surface area is 171 Å². The number of carbonyl (C=O) groups is 2. The number of hydrogen-bond acceptors (Lipinski definition) is 6. The van der Waals surface area contributed by atoms with Crippen molar-refractivity contribution in [3.63, 3.8) is 0 Å². The molecular formula is C19H18FN3O6S. The second kappa shape index (κ2) is 7.48. The number of nitrogens with one attached hydrogen (secondary N) is 2. The molecule has 1 aliphatic heterocycles. The summed E-state index contributed by atoms with van der Waals surface area (Å²) in [5.74, 6) is -2.36. The highest BCUT2D eigenvalue weighted by molar-refractivity contribution is 7.92. The van der Waals surface area contributed by atoms with Gasteiger partial charge in [0, 0.05) is 12.1 Å². The van der Waals surface area contributed by atoms with Gasteiger partial charge in [-0.1, -0.05) is 18.2 Å². The van der Waals surface area contributed by atoms with Gasteiger partial charge in [-0.2, -0.15) is 8.42 Å². The summed E-state index contributed by atoms with van der Waals surface area (Å²) >= 11 is 0. The number of halogens is 1. The van der Waals surface area contributed by atoms with E-state index in [-0.39, 0.29) is 12.0 Å². The van der Waals surface area contributed by atoms with Gasteiger partial charge in [0.05, 0.1) is 0 Å². The summed E-state index contributed by atoms with van der Waals surface area (Å²) in [6.07, 6.45) is -0.580. The molecule has 0 spiro atoms. The monoisotopic (exact) mass is 435 g/mol. The molecule has 158 valence electrons. The Morgan fingerprint density at radius 2 is 2.03 bits per heavy atom. The first-order valence-corrected chi connectivity index (χ1v) is 10.6. The van der Waals surface area contributed by atoms with Gasteiger partial charge in [0.25, 0.3) is 5.91 Å². The molecule has 3 N–H and O–H groups in total. The van der Waals surface area contributed by atoms with Crippen LogP contribution in [0.2, 0.25) is 0 Å². The van der Waals surface area contributed by atoms with E-state index in [0.29, 0.717) is 28.4 Å². The van der Waals surface area contributed by atoms with Crippen molar-refractivity contribution in [2.24, 2.45) is 0 Å². The van der Waals surface area contributed by atoms with Crippen molar-refractivity contribution in [3.8, 4) is 5.75 Å². The summed E-state index contributed by atoms with van der Waals surface area (Å²) in [6, 6.07) is 9.97. The first-order chi connectivity index (χ1) is 14.2. The normalized spacial score (nSPS) is 19.7. The Kier molecular flexibility index (Phi) is 4.98. The van der Waals surface area contributed by atoms with E-state index >= 15 is 4.39 Å². The van der Waals surface area contributed by atoms with Gasteiger partial charge in [-0.15, -0.1) is 0 Å². The molecule has 9 nitrogen and oxygen atoms in total. The fourth-order valence-corrected chi connectivity index (χ4v) is 4.77. The number of hydrogen-bond donors (Lipinski definition) is 3. The second-order valence-electron chi connectivity index (χ2n) is 6.99. The van der Waals surface area contributed by atoms with E-state index in [1.807, 2.05) is 0 Å². The number of amides is 2. The highest BCUT2D eigenvalue weighted by Gasteiger charge is 2.39. The van der Waals surface area contributed by atoms with E-state index in [0.717, 1.165) is 0 Å². The van der Waals surface area contributed by atoms with E-state index in [2.05, 4.69) is 5.32 Å². The third-order valence-electron chi connectivity index (χ3n) is 4.94. The van der Waals surface area contributed by atoms with Gasteiger partial charge in [0.2, 0.25) is 0 Å². The molecule has 0 aromatic heterocycles. The minimum atomic E-state index is -4.29. The van der Waals surface area contributed by atoms with Crippen molar-refractivity contribution in [3.05, 3.63) is 53.3 Å². The van der Waals surface area contributed by atoms with Crippen LogP contribution in [-0.4, -0.2) is 38.2 Å². The molecule has 0 saturated carbocycles. The first kappa shape index (κ1) is 20.0. The van der Waals surface area contributed by atoms with E-state index in [9.17, 15) is 23.1 Å². The lowest BCUT2D eigenvalue weighted by Crippen LogP contribution is -2.32. The van der Waals surface area contributed by atoms with Crippen LogP contribution in [0.3, 0.4) is 0 Å². The van der Waals surface area contributed by atoms with E-state index in [1.54, 1.807) is 35.1 Å². The summed E-state index contributed by atoms with van der Waals surface area (Å²) in [5.41, 5.74) is 0.587. The average Bonchev–Trinajstić information content (AvgIpc) is 2.95. The van der Waals surface area contributed by atoms with Gasteiger partial charge >= 0.3 is 16.3 Å². The number of nitrogens with zero attached hydrogens (tertiary/aromatic N) is 1. The Bertz CT molecular complexity index is 1120. The third kappa shape index (κ3) is 3.75. The van der Waals surface area contributed by atoms with Crippen molar-refractivity contribution in [1.29, 1.82) is 0 Å². The van der Waals surface area contributed by atoms with Crippen molar-refractivity contribution < 1.29 is 32.2 Å². The topological polar surface area (TPSA) is 125 Å². The van der Waals surface area contributed by atoms with Crippen LogP contribution in [0.4, 0.5) is 20.6 Å². The van der Waals surface area contributed by atoms with Gasteiger partial charge in [0.15, 0.2) is 5.82 Å². The van der Waals surface area contributed by atoms with Gasteiger partial charge in [-0.05, 0) is 42.2 Å². The van der Waals surface area contributed by atoms with Gasteiger partial charge in [-0.3, -0.25) is 10.1 Å². The van der Waals surface area contributed by atoms with Crippen molar-refractivity contribution >= 4 is 33.6 Å². The number of anilines is 2. The van der Waals surface area contributed by atoms with Gasteiger partial charge < -0.3 is 9.84 Å². The lowest BCUT2D eigenvalue weighted by molar-refractivity contribution is -0.117. The Morgan fingerprint density at radius 3 is 2.70 bits per heavy atom. The summed E-state index contributed by atoms with van der Waals surface area (Å²) < 4.78 is 47.0. The Morgan fingerprint density at radius 1 is 1.30 bits per heavy atom. The van der Waals surface area contributed by atoms with Crippen LogP contribution in [0.1, 0.15) is 17.5 Å². The van der Waals surface area contributed by atoms with Crippen LogP contribution >= 0.6 is 0 Å². The Balaban J connectivity index is 1.56. The molecule has 2 aromatic rings. The number of fused-ring (bicyclic) bond motifs is 1. The summed E-state index contributed by atoms with van der Waals surface area (Å²) in [6.45, 7) is -0.634. The Hall–Kier alpha value is -3.34. The predicted molar refractivity (Wildman–Crippen MR) is 105 cm³/mol. The number of aryl methyl sites for hydroxylation is 1. The fraction of sp³-hybridized carbons (Fsp3) is 0.263. The molecule has 0 bridgehead atoms. The molecule has 30 heavy (non-hydrogen) atoms. The number of phenolic OH excluding ortho intramolecular Hbond substituents is 1. The van der Waals surface area contributed by atoms with Crippen LogP contribution in [0.25, 0.3) is 0 Å². The number of para-hydroxylation sites is 1. The first-order valence-electron chi connectivity index (χ1n) is 9.14. The third-order valence-corrected chi connectivity index (χ3v) is 6.32. The summed E-state index contributed by atoms with van der Waals surface area (Å²) in [7, 11) is -4.29. The maximum Gasteiger partial charge on any atom is 0.411 e. The quantitative estimate of drug-likeness (QED) is 0.675. The molecule has 1 unspecified atom stereocenters. The van der Waals surface area contributed by atoms with Gasteiger partial charge in [-0.25, -0.2) is 18.2 Å². The summed E-state index contributed by atoms with van der Waals surface area (Å²) in [5, 5.41) is 12.8. The number of phenols is 1. The van der Waals surface area contributed by atoms with E-state index in [1.165, 1.54) is 6.07 Å². The molecule has 11 heteroatoms. The fourth-order valence-electron chi connectivity index (χ4n) is 3.61. The molecule has 2 amide bonds. The molecule has 1 fully saturated rings. The molecule has 1 aliphatic carbocycles. The highest BCUT2D eigenvalue weighted by Crippen LogP contribution is 2.39. The molecule has 2 aromatic carbocycles. The average molecular weight is 435 g/mol. The predicted octanol–water partition coefficient (Wildman–Crippen LogP) is 1.82. The standard InChI is InChI=1S/C19H18FN3O6S/c20-17-14-9-13(29-19(26)21-12-4-2-1-3-5-12)7-6-11(14)8-15(24)18(17)23-10-16(25)22-30(23,27)28/h1-5,8,13,24H,6-7,9-10H2,(H,21,26)(H,22,25). The molecule has 1 saturated heterocycles. The zero-order valence-corrected chi connectivity index (χ0v) is 16.4. The van der Waals surface area contributed by atoms with Crippen LogP contribution in [-0.2, 0) is 32.6 Å². The maximum atomic E-state index is 15.2. The van der Waals surface area contributed by atoms with Gasteiger partial charge in [0.1, 0.15) is 24.1 Å². The number of rotatable bonds is 3. The number of benzene rings is 2. The van der Waals surface area contributed by atoms with Crippen LogP contribution in [0.15, 0.2) is 36.4 Å². The molecule has 1 atom stereocenters. The largest absolute Gasteiger partial charge is 0.506 e. The molecule has 4 rings (SSSR count). The number of aromatic hydroxyl groups is 1. The second-order valence-corrected chi connectivity index (χ2v) is 8.59. The minimum Gasteiger partial charge on any atom is -0.506 e. The van der Waals surface area contributed by atoms with E-state index < -0.39 is 52.1 Å². The molecule has 2 aliphatic rings. The molecule has 1 heterocycles. The van der Waals surface area contributed by atoms with Crippen molar-refractivity contribution in [2.75, 3.05) is 16.2 Å². The molecule has 0 radical (unpaired) electrons.